The van der Waals surface area contributed by atoms with E-state index in [1.165, 1.54) is 43.4 Å². The molecule has 0 atom stereocenters. The van der Waals surface area contributed by atoms with Gasteiger partial charge in [-0.25, -0.2) is 0 Å². The van der Waals surface area contributed by atoms with Crippen molar-refractivity contribution in [1.82, 2.24) is 4.90 Å². The lowest BCUT2D eigenvalue weighted by molar-refractivity contribution is 0.0990. The molecule has 0 spiro atoms. The fourth-order valence-electron chi connectivity index (χ4n) is 4.91. The van der Waals surface area contributed by atoms with E-state index >= 15 is 0 Å². The summed E-state index contributed by atoms with van der Waals surface area (Å²) in [4.78, 5) is 20.2. The summed E-state index contributed by atoms with van der Waals surface area (Å²) in [6.45, 7) is 11.0. The second-order valence-electron chi connectivity index (χ2n) is 9.23. The Morgan fingerprint density at radius 2 is 1.82 bits per heavy atom. The summed E-state index contributed by atoms with van der Waals surface area (Å²) in [5.74, 6) is 1.58. The molecule has 2 fully saturated rings. The van der Waals surface area contributed by atoms with E-state index in [1.54, 1.807) is 0 Å². The Bertz CT molecular complexity index is 902. The molecule has 2 aromatic carbocycles. The number of hydrogen-bond acceptors (Lipinski definition) is 3. The van der Waals surface area contributed by atoms with Gasteiger partial charge >= 0.3 is 0 Å². The highest BCUT2D eigenvalue weighted by Crippen LogP contribution is 2.42. The van der Waals surface area contributed by atoms with Crippen molar-refractivity contribution in [3.63, 3.8) is 0 Å². The highest BCUT2D eigenvalue weighted by atomic mass is 16.2. The van der Waals surface area contributed by atoms with E-state index in [0.29, 0.717) is 5.92 Å². The standard InChI is InChI=1S/C24H31N3O/c1-17(2)15-27-22-10-9-21(19-5-3-6-20(23(19)22)24(27)28)26-12-4-11-25(13-14-26)16-18-7-8-18/h3,5-6,9-10,17-18H,4,7-8,11-16H2,1-2H3. The zero-order valence-corrected chi connectivity index (χ0v) is 17.2. The van der Waals surface area contributed by atoms with Gasteiger partial charge in [0.2, 0.25) is 0 Å². The minimum absolute atomic E-state index is 0.165. The van der Waals surface area contributed by atoms with Gasteiger partial charge in [-0.05, 0) is 55.8 Å². The summed E-state index contributed by atoms with van der Waals surface area (Å²) in [6.07, 6.45) is 4.07. The summed E-state index contributed by atoms with van der Waals surface area (Å²) in [5, 5.41) is 2.40. The first kappa shape index (κ1) is 18.0. The third-order valence-electron chi connectivity index (χ3n) is 6.45. The van der Waals surface area contributed by atoms with Crippen molar-refractivity contribution in [2.75, 3.05) is 49.1 Å². The van der Waals surface area contributed by atoms with E-state index in [0.717, 1.165) is 48.7 Å². The molecule has 1 saturated heterocycles. The number of rotatable bonds is 5. The summed E-state index contributed by atoms with van der Waals surface area (Å²) < 4.78 is 0. The first-order chi connectivity index (χ1) is 13.6. The second kappa shape index (κ2) is 7.07. The molecule has 1 amide bonds. The third kappa shape index (κ3) is 3.18. The van der Waals surface area contributed by atoms with Gasteiger partial charge < -0.3 is 14.7 Å². The molecule has 148 valence electrons. The van der Waals surface area contributed by atoms with Crippen molar-refractivity contribution in [3.05, 3.63) is 35.9 Å². The zero-order chi connectivity index (χ0) is 19.3. The molecule has 2 heterocycles. The fourth-order valence-corrected chi connectivity index (χ4v) is 4.91. The lowest BCUT2D eigenvalue weighted by Gasteiger charge is -2.26. The number of nitrogens with zero attached hydrogens (tertiary/aromatic N) is 3. The van der Waals surface area contributed by atoms with E-state index in [9.17, 15) is 4.79 Å². The predicted molar refractivity (Wildman–Crippen MR) is 116 cm³/mol. The Balaban J connectivity index is 1.47. The number of benzene rings is 2. The van der Waals surface area contributed by atoms with Gasteiger partial charge in [0.15, 0.2) is 0 Å². The molecule has 5 rings (SSSR count). The van der Waals surface area contributed by atoms with Crippen molar-refractivity contribution >= 4 is 28.1 Å². The maximum Gasteiger partial charge on any atom is 0.259 e. The summed E-state index contributed by atoms with van der Waals surface area (Å²) in [5.41, 5.74) is 3.27. The average Bonchev–Trinajstić information content (AvgIpc) is 3.49. The van der Waals surface area contributed by atoms with Crippen LogP contribution in [0.25, 0.3) is 10.8 Å². The van der Waals surface area contributed by atoms with Gasteiger partial charge in [-0.15, -0.1) is 0 Å². The fraction of sp³-hybridized carbons (Fsp3) is 0.542. The molecular formula is C24H31N3O. The van der Waals surface area contributed by atoms with Crippen LogP contribution in [-0.4, -0.2) is 50.1 Å². The van der Waals surface area contributed by atoms with E-state index in [4.69, 9.17) is 0 Å². The van der Waals surface area contributed by atoms with Crippen LogP contribution < -0.4 is 9.80 Å². The van der Waals surface area contributed by atoms with Crippen LogP contribution in [0.4, 0.5) is 11.4 Å². The van der Waals surface area contributed by atoms with Crippen LogP contribution in [0.3, 0.4) is 0 Å². The van der Waals surface area contributed by atoms with Crippen LogP contribution in [0.2, 0.25) is 0 Å². The molecule has 4 nitrogen and oxygen atoms in total. The molecule has 0 aromatic heterocycles. The zero-order valence-electron chi connectivity index (χ0n) is 17.2. The maximum absolute atomic E-state index is 13.0. The number of carbonyl (C=O) groups is 1. The molecule has 1 aliphatic carbocycles. The lowest BCUT2D eigenvalue weighted by atomic mass is 10.0. The molecule has 2 aliphatic heterocycles. The van der Waals surface area contributed by atoms with Crippen molar-refractivity contribution in [3.8, 4) is 0 Å². The summed E-state index contributed by atoms with van der Waals surface area (Å²) in [6, 6.07) is 10.7. The number of anilines is 2. The van der Waals surface area contributed by atoms with Gasteiger partial charge in [0.1, 0.15) is 0 Å². The van der Waals surface area contributed by atoms with Gasteiger partial charge in [0.25, 0.3) is 5.91 Å². The van der Waals surface area contributed by atoms with Gasteiger partial charge in [0, 0.05) is 54.7 Å². The SMILES string of the molecule is CC(C)CN1C(=O)c2cccc3c(N4CCCN(CC5CC5)CC4)ccc1c23. The van der Waals surface area contributed by atoms with E-state index in [1.807, 2.05) is 11.0 Å². The first-order valence-corrected chi connectivity index (χ1v) is 11.0. The average molecular weight is 378 g/mol. The summed E-state index contributed by atoms with van der Waals surface area (Å²) in [7, 11) is 0. The van der Waals surface area contributed by atoms with Gasteiger partial charge in [-0.1, -0.05) is 26.0 Å². The topological polar surface area (TPSA) is 26.8 Å². The van der Waals surface area contributed by atoms with Gasteiger partial charge in [-0.2, -0.15) is 0 Å². The largest absolute Gasteiger partial charge is 0.370 e. The van der Waals surface area contributed by atoms with E-state index in [-0.39, 0.29) is 5.91 Å². The van der Waals surface area contributed by atoms with Crippen molar-refractivity contribution < 1.29 is 4.79 Å². The van der Waals surface area contributed by atoms with Crippen molar-refractivity contribution in [2.45, 2.75) is 33.1 Å². The monoisotopic (exact) mass is 377 g/mol. The van der Waals surface area contributed by atoms with Crippen LogP contribution in [-0.2, 0) is 0 Å². The molecule has 3 aliphatic rings. The summed E-state index contributed by atoms with van der Waals surface area (Å²) >= 11 is 0. The minimum Gasteiger partial charge on any atom is -0.370 e. The Morgan fingerprint density at radius 1 is 1.00 bits per heavy atom. The van der Waals surface area contributed by atoms with Gasteiger partial charge in [-0.3, -0.25) is 4.79 Å². The molecule has 4 heteroatoms. The first-order valence-electron chi connectivity index (χ1n) is 11.0. The van der Waals surface area contributed by atoms with Crippen LogP contribution in [0.15, 0.2) is 30.3 Å². The number of hydrogen-bond donors (Lipinski definition) is 0. The van der Waals surface area contributed by atoms with Crippen LogP contribution in [0.1, 0.15) is 43.5 Å². The Hall–Kier alpha value is -2.07. The van der Waals surface area contributed by atoms with Gasteiger partial charge in [0.05, 0.1) is 5.69 Å². The molecule has 28 heavy (non-hydrogen) atoms. The molecular weight excluding hydrogens is 346 g/mol. The second-order valence-corrected chi connectivity index (χ2v) is 9.23. The highest BCUT2D eigenvalue weighted by molar-refractivity contribution is 6.26. The minimum atomic E-state index is 0.165. The highest BCUT2D eigenvalue weighted by Gasteiger charge is 2.32. The quantitative estimate of drug-likeness (QED) is 0.774. The third-order valence-corrected chi connectivity index (χ3v) is 6.45. The molecule has 1 saturated carbocycles. The molecule has 0 unspecified atom stereocenters. The lowest BCUT2D eigenvalue weighted by Crippen LogP contribution is -2.32. The Labute approximate surface area is 168 Å². The molecule has 0 radical (unpaired) electrons. The molecule has 0 bridgehead atoms. The van der Waals surface area contributed by atoms with Crippen LogP contribution in [0, 0.1) is 11.8 Å². The van der Waals surface area contributed by atoms with Crippen LogP contribution in [0.5, 0.6) is 0 Å². The van der Waals surface area contributed by atoms with E-state index in [2.05, 4.69) is 47.9 Å². The molecule has 2 aromatic rings. The Kier molecular flexibility index (Phi) is 4.54. The van der Waals surface area contributed by atoms with Crippen LogP contribution >= 0.6 is 0 Å². The molecule has 0 N–H and O–H groups in total. The predicted octanol–water partition coefficient (Wildman–Crippen LogP) is 4.38. The smallest absolute Gasteiger partial charge is 0.259 e. The maximum atomic E-state index is 13.0. The van der Waals surface area contributed by atoms with Crippen molar-refractivity contribution in [1.29, 1.82) is 0 Å². The van der Waals surface area contributed by atoms with E-state index < -0.39 is 0 Å². The number of carbonyl (C=O) groups excluding carboxylic acids is 1. The van der Waals surface area contributed by atoms with Crippen molar-refractivity contribution in [2.24, 2.45) is 11.8 Å². The Morgan fingerprint density at radius 3 is 2.61 bits per heavy atom. The normalized spacial score (nSPS) is 20.5. The number of amides is 1.